The highest BCUT2D eigenvalue weighted by atomic mass is 32.1. The summed E-state index contributed by atoms with van der Waals surface area (Å²) in [5.41, 5.74) is 5.01. The molecule has 1 aliphatic carbocycles. The fraction of sp³-hybridized carbons (Fsp3) is 0.375. The van der Waals surface area contributed by atoms with E-state index in [1.54, 1.807) is 63.4 Å². The van der Waals surface area contributed by atoms with Crippen LogP contribution in [0.15, 0.2) is 47.6 Å². The van der Waals surface area contributed by atoms with Crippen LogP contribution >= 0.6 is 11.3 Å². The molecule has 2 amide bonds. The van der Waals surface area contributed by atoms with Crippen molar-refractivity contribution in [2.75, 3.05) is 25.6 Å². The van der Waals surface area contributed by atoms with Gasteiger partial charge in [-0.15, -0.1) is 11.3 Å². The van der Waals surface area contributed by atoms with Crippen LogP contribution in [0.5, 0.6) is 17.2 Å². The molecule has 0 unspecified atom stereocenters. The Morgan fingerprint density at radius 3 is 2.56 bits per heavy atom. The number of thiophene rings is 1. The van der Waals surface area contributed by atoms with Crippen LogP contribution in [-0.4, -0.2) is 50.4 Å². The van der Waals surface area contributed by atoms with Crippen molar-refractivity contribution in [3.05, 3.63) is 69.6 Å². The zero-order valence-corrected chi connectivity index (χ0v) is 25.8. The van der Waals surface area contributed by atoms with Gasteiger partial charge in [0.15, 0.2) is 17.6 Å². The molecule has 1 aliphatic rings. The summed E-state index contributed by atoms with van der Waals surface area (Å²) in [4.78, 5) is 39.5. The van der Waals surface area contributed by atoms with Crippen LogP contribution in [0, 0.1) is 5.92 Å². The number of amides is 2. The van der Waals surface area contributed by atoms with Gasteiger partial charge in [0.2, 0.25) is 0 Å². The predicted molar refractivity (Wildman–Crippen MR) is 166 cm³/mol. The average Bonchev–Trinajstić information content (AvgIpc) is 3.35. The first-order valence-corrected chi connectivity index (χ1v) is 15.1. The Balaban J connectivity index is 1.35. The molecule has 0 bridgehead atoms. The van der Waals surface area contributed by atoms with E-state index in [1.807, 2.05) is 6.92 Å². The predicted octanol–water partition coefficient (Wildman–Crippen LogP) is 5.63. The van der Waals surface area contributed by atoms with Gasteiger partial charge in [-0.25, -0.2) is 10.2 Å². The second kappa shape index (κ2) is 14.7. The van der Waals surface area contributed by atoms with Crippen LogP contribution in [0.3, 0.4) is 0 Å². The zero-order chi connectivity index (χ0) is 30.9. The van der Waals surface area contributed by atoms with Gasteiger partial charge in [0, 0.05) is 10.4 Å². The van der Waals surface area contributed by atoms with E-state index < -0.39 is 18.0 Å². The molecule has 1 heterocycles. The molecule has 4 rings (SSSR count). The lowest BCUT2D eigenvalue weighted by Gasteiger charge is -2.18. The molecule has 2 N–H and O–H groups in total. The van der Waals surface area contributed by atoms with Crippen molar-refractivity contribution in [3.63, 3.8) is 0 Å². The summed E-state index contributed by atoms with van der Waals surface area (Å²) in [6.07, 6.45) is 3.30. The van der Waals surface area contributed by atoms with E-state index in [-0.39, 0.29) is 12.5 Å². The van der Waals surface area contributed by atoms with Crippen LogP contribution in [0.4, 0.5) is 5.00 Å². The first kappa shape index (κ1) is 31.6. The van der Waals surface area contributed by atoms with Gasteiger partial charge in [-0.3, -0.25) is 9.59 Å². The largest absolute Gasteiger partial charge is 0.493 e. The van der Waals surface area contributed by atoms with E-state index in [2.05, 4.69) is 22.8 Å². The Morgan fingerprint density at radius 1 is 1.09 bits per heavy atom. The first-order valence-electron chi connectivity index (χ1n) is 14.3. The van der Waals surface area contributed by atoms with Gasteiger partial charge in [0.1, 0.15) is 10.8 Å². The number of ether oxygens (including phenoxy) is 4. The van der Waals surface area contributed by atoms with Crippen molar-refractivity contribution >= 4 is 40.3 Å². The van der Waals surface area contributed by atoms with Crippen LogP contribution in [0.25, 0.3) is 0 Å². The van der Waals surface area contributed by atoms with Crippen molar-refractivity contribution in [3.8, 4) is 17.2 Å². The molecule has 228 valence electrons. The highest BCUT2D eigenvalue weighted by Gasteiger charge is 2.29. The zero-order valence-electron chi connectivity index (χ0n) is 25.0. The molecule has 10 nitrogen and oxygen atoms in total. The minimum atomic E-state index is -0.848. The molecular formula is C32H37N3O7S. The van der Waals surface area contributed by atoms with Gasteiger partial charge in [0.25, 0.3) is 11.8 Å². The lowest BCUT2D eigenvalue weighted by atomic mass is 9.88. The van der Waals surface area contributed by atoms with Gasteiger partial charge >= 0.3 is 5.97 Å². The van der Waals surface area contributed by atoms with Crippen LogP contribution < -0.4 is 25.0 Å². The number of hydrogen-bond acceptors (Lipinski definition) is 9. The van der Waals surface area contributed by atoms with Crippen molar-refractivity contribution < 1.29 is 33.3 Å². The SMILES string of the molecule is CCOC(=O)c1c(NC(=O)c2ccc(O[C@H](C)C(=O)N/N=C\c3ccc(OCC)c(OC)c3)cc2)sc2c1CC[C@H](C)C2. The monoisotopic (exact) mass is 607 g/mol. The molecular weight excluding hydrogens is 570 g/mol. The second-order valence-electron chi connectivity index (χ2n) is 10.1. The van der Waals surface area contributed by atoms with Gasteiger partial charge < -0.3 is 24.3 Å². The molecule has 43 heavy (non-hydrogen) atoms. The van der Waals surface area contributed by atoms with E-state index in [0.717, 1.165) is 35.3 Å². The Bertz CT molecular complexity index is 1480. The van der Waals surface area contributed by atoms with Gasteiger partial charge in [-0.05, 0) is 99.5 Å². The van der Waals surface area contributed by atoms with Gasteiger partial charge in [0.05, 0.1) is 32.1 Å². The molecule has 11 heteroatoms. The quantitative estimate of drug-likeness (QED) is 0.155. The van der Waals surface area contributed by atoms with E-state index in [0.29, 0.717) is 45.9 Å². The summed E-state index contributed by atoms with van der Waals surface area (Å²) in [7, 11) is 1.55. The van der Waals surface area contributed by atoms with Gasteiger partial charge in [-0.2, -0.15) is 5.10 Å². The number of benzene rings is 2. The molecule has 0 fully saturated rings. The van der Waals surface area contributed by atoms with Crippen LogP contribution in [-0.2, 0) is 22.4 Å². The maximum atomic E-state index is 13.1. The number of nitrogens with zero attached hydrogens (tertiary/aromatic N) is 1. The number of fused-ring (bicyclic) bond motifs is 1. The fourth-order valence-corrected chi connectivity index (χ4v) is 6.07. The summed E-state index contributed by atoms with van der Waals surface area (Å²) < 4.78 is 21.9. The normalized spacial score (nSPS) is 14.9. The third-order valence-corrected chi connectivity index (χ3v) is 8.06. The van der Waals surface area contributed by atoms with Crippen molar-refractivity contribution in [2.24, 2.45) is 11.0 Å². The van der Waals surface area contributed by atoms with E-state index in [1.165, 1.54) is 17.6 Å². The molecule has 1 aromatic heterocycles. The number of hydrogen-bond donors (Lipinski definition) is 2. The molecule has 2 aromatic carbocycles. The molecule has 0 saturated carbocycles. The number of carbonyl (C=O) groups is 3. The summed E-state index contributed by atoms with van der Waals surface area (Å²) >= 11 is 1.44. The lowest BCUT2D eigenvalue weighted by molar-refractivity contribution is -0.127. The van der Waals surface area contributed by atoms with E-state index in [9.17, 15) is 14.4 Å². The topological polar surface area (TPSA) is 125 Å². The molecule has 2 atom stereocenters. The lowest BCUT2D eigenvalue weighted by Crippen LogP contribution is -2.33. The second-order valence-corrected chi connectivity index (χ2v) is 11.2. The number of hydrazone groups is 1. The van der Waals surface area contributed by atoms with Crippen molar-refractivity contribution in [1.82, 2.24) is 5.43 Å². The molecule has 0 spiro atoms. The Hall–Kier alpha value is -4.38. The number of esters is 1. The summed E-state index contributed by atoms with van der Waals surface area (Å²) in [6, 6.07) is 11.8. The third-order valence-electron chi connectivity index (χ3n) is 6.89. The van der Waals surface area contributed by atoms with E-state index >= 15 is 0 Å². The maximum absolute atomic E-state index is 13.1. The Labute approximate surface area is 255 Å². The minimum absolute atomic E-state index is 0.259. The third kappa shape index (κ3) is 7.92. The maximum Gasteiger partial charge on any atom is 0.341 e. The molecule has 0 aliphatic heterocycles. The highest BCUT2D eigenvalue weighted by Crippen LogP contribution is 2.40. The Morgan fingerprint density at radius 2 is 1.86 bits per heavy atom. The van der Waals surface area contributed by atoms with Crippen molar-refractivity contribution in [1.29, 1.82) is 0 Å². The number of carbonyl (C=O) groups excluding carboxylic acids is 3. The Kier molecular flexibility index (Phi) is 10.8. The number of nitrogens with one attached hydrogen (secondary N) is 2. The summed E-state index contributed by atoms with van der Waals surface area (Å²) in [5, 5.41) is 7.43. The van der Waals surface area contributed by atoms with Crippen molar-refractivity contribution in [2.45, 2.75) is 53.1 Å². The molecule has 3 aromatic rings. The summed E-state index contributed by atoms with van der Waals surface area (Å²) in [6.45, 7) is 8.21. The minimum Gasteiger partial charge on any atom is -0.493 e. The molecule has 0 radical (unpaired) electrons. The standard InChI is InChI=1S/C32H37N3O7S/c1-6-40-25-15-9-21(17-26(25)39-5)18-33-35-29(36)20(4)42-23-12-10-22(11-13-23)30(37)34-31-28(32(38)41-7-2)24-14-8-19(3)16-27(24)43-31/h9-13,15,17-20H,6-8,14,16H2,1-5H3,(H,34,37)(H,35,36)/b33-18-/t19-,20+/m0/s1. The fourth-order valence-electron chi connectivity index (χ4n) is 4.68. The smallest absolute Gasteiger partial charge is 0.341 e. The first-order chi connectivity index (χ1) is 20.7. The van der Waals surface area contributed by atoms with Gasteiger partial charge in [-0.1, -0.05) is 6.92 Å². The van der Waals surface area contributed by atoms with E-state index in [4.69, 9.17) is 18.9 Å². The average molecular weight is 608 g/mol. The van der Waals surface area contributed by atoms with Crippen LogP contribution in [0.1, 0.15) is 70.8 Å². The highest BCUT2D eigenvalue weighted by molar-refractivity contribution is 7.17. The summed E-state index contributed by atoms with van der Waals surface area (Å²) in [5.74, 6) is 0.911. The van der Waals surface area contributed by atoms with Crippen LogP contribution in [0.2, 0.25) is 0 Å². The number of rotatable bonds is 12. The number of methoxy groups -OCH3 is 1. The molecule has 0 saturated heterocycles. The number of anilines is 1.